The second kappa shape index (κ2) is 6.06. The number of benzene rings is 1. The van der Waals surface area contributed by atoms with E-state index in [1.54, 1.807) is 6.92 Å². The van der Waals surface area contributed by atoms with Crippen LogP contribution in [-0.2, 0) is 10.0 Å². The number of nitrogens with zero attached hydrogens (tertiary/aromatic N) is 1. The highest BCUT2D eigenvalue weighted by Gasteiger charge is 2.33. The molecule has 1 N–H and O–H groups in total. The molecule has 116 valence electrons. The van der Waals surface area contributed by atoms with Gasteiger partial charge in [-0.3, -0.25) is 0 Å². The van der Waals surface area contributed by atoms with E-state index in [2.05, 4.69) is 15.9 Å². The third-order valence-corrected chi connectivity index (χ3v) is 7.12. The molecule has 1 fully saturated rings. The molecule has 0 aromatic heterocycles. The normalized spacial score (nSPS) is 19.9. The third-order valence-electron chi connectivity index (χ3n) is 3.91. The lowest BCUT2D eigenvalue weighted by atomic mass is 10.1. The molecule has 0 saturated carbocycles. The van der Waals surface area contributed by atoms with Crippen molar-refractivity contribution >= 4 is 31.9 Å². The fraction of sp³-hybridized carbons (Fsp3) is 0.500. The molecule has 1 saturated heterocycles. The first-order chi connectivity index (χ1) is 9.77. The average Bonchev–Trinajstić information content (AvgIpc) is 2.90. The van der Waals surface area contributed by atoms with Gasteiger partial charge >= 0.3 is 5.97 Å². The van der Waals surface area contributed by atoms with Crippen LogP contribution in [0, 0.1) is 12.8 Å². The van der Waals surface area contributed by atoms with Gasteiger partial charge in [0.25, 0.3) is 0 Å². The van der Waals surface area contributed by atoms with Crippen LogP contribution in [0.5, 0.6) is 0 Å². The van der Waals surface area contributed by atoms with Gasteiger partial charge in [0.05, 0.1) is 10.5 Å². The largest absolute Gasteiger partial charge is 0.478 e. The van der Waals surface area contributed by atoms with Gasteiger partial charge in [-0.05, 0) is 52.9 Å². The molecule has 1 aromatic rings. The Hall–Kier alpha value is -0.920. The standard InChI is InChI=1S/C14H18BrNO4S/c1-3-10-4-5-16(8-10)21(19,20)12-7-11(14(17)18)6-9(2)13(12)15/h6-7,10H,3-5,8H2,1-2H3,(H,17,18). The monoisotopic (exact) mass is 375 g/mol. The van der Waals surface area contributed by atoms with Crippen LogP contribution in [-0.4, -0.2) is 36.9 Å². The molecule has 1 aliphatic heterocycles. The van der Waals surface area contributed by atoms with E-state index in [-0.39, 0.29) is 10.5 Å². The molecule has 1 heterocycles. The molecular weight excluding hydrogens is 358 g/mol. The summed E-state index contributed by atoms with van der Waals surface area (Å²) in [5.74, 6) is -0.753. The molecule has 0 bridgehead atoms. The van der Waals surface area contributed by atoms with Gasteiger partial charge < -0.3 is 5.11 Å². The van der Waals surface area contributed by atoms with Gasteiger partial charge in [0.2, 0.25) is 10.0 Å². The highest BCUT2D eigenvalue weighted by atomic mass is 79.9. The van der Waals surface area contributed by atoms with Crippen molar-refractivity contribution in [2.45, 2.75) is 31.6 Å². The number of carbonyl (C=O) groups is 1. The van der Waals surface area contributed by atoms with Crippen molar-refractivity contribution in [1.82, 2.24) is 4.31 Å². The lowest BCUT2D eigenvalue weighted by Gasteiger charge is -2.18. The average molecular weight is 376 g/mol. The van der Waals surface area contributed by atoms with E-state index in [9.17, 15) is 13.2 Å². The van der Waals surface area contributed by atoms with E-state index < -0.39 is 16.0 Å². The molecule has 1 aliphatic rings. The number of hydrogen-bond acceptors (Lipinski definition) is 3. The summed E-state index contributed by atoms with van der Waals surface area (Å²) in [6, 6.07) is 2.69. The van der Waals surface area contributed by atoms with Gasteiger partial charge in [0.1, 0.15) is 0 Å². The van der Waals surface area contributed by atoms with Crippen molar-refractivity contribution in [2.75, 3.05) is 13.1 Å². The zero-order valence-corrected chi connectivity index (χ0v) is 14.4. The van der Waals surface area contributed by atoms with Crippen LogP contribution in [0.1, 0.15) is 35.7 Å². The topological polar surface area (TPSA) is 74.7 Å². The highest BCUT2D eigenvalue weighted by molar-refractivity contribution is 9.10. The molecule has 7 heteroatoms. The number of sulfonamides is 1. The smallest absolute Gasteiger partial charge is 0.335 e. The Morgan fingerprint density at radius 1 is 1.48 bits per heavy atom. The van der Waals surface area contributed by atoms with Gasteiger partial charge in [-0.25, -0.2) is 13.2 Å². The van der Waals surface area contributed by atoms with Crippen molar-refractivity contribution < 1.29 is 18.3 Å². The fourth-order valence-corrected chi connectivity index (χ4v) is 5.07. The van der Waals surface area contributed by atoms with Crippen molar-refractivity contribution in [1.29, 1.82) is 0 Å². The van der Waals surface area contributed by atoms with Gasteiger partial charge in [-0.2, -0.15) is 4.31 Å². The van der Waals surface area contributed by atoms with Crippen molar-refractivity contribution in [3.05, 3.63) is 27.7 Å². The van der Waals surface area contributed by atoms with Crippen LogP contribution in [0.25, 0.3) is 0 Å². The minimum absolute atomic E-state index is 0.0134. The molecular formula is C14H18BrNO4S. The zero-order valence-electron chi connectivity index (χ0n) is 12.0. The maximum absolute atomic E-state index is 12.7. The Morgan fingerprint density at radius 3 is 2.67 bits per heavy atom. The molecule has 0 amide bonds. The molecule has 0 radical (unpaired) electrons. The third kappa shape index (κ3) is 3.14. The minimum atomic E-state index is -3.67. The Kier molecular flexibility index (Phi) is 4.75. The summed E-state index contributed by atoms with van der Waals surface area (Å²) in [6.07, 6.45) is 1.80. The quantitative estimate of drug-likeness (QED) is 0.877. The summed E-state index contributed by atoms with van der Waals surface area (Å²) in [6.45, 7) is 4.73. The first-order valence-electron chi connectivity index (χ1n) is 6.81. The summed E-state index contributed by atoms with van der Waals surface area (Å²) in [5.41, 5.74) is 0.584. The van der Waals surface area contributed by atoms with Crippen LogP contribution in [0.2, 0.25) is 0 Å². The molecule has 1 unspecified atom stereocenters. The van der Waals surface area contributed by atoms with E-state index in [1.807, 2.05) is 6.92 Å². The second-order valence-corrected chi connectivity index (χ2v) is 8.04. The Morgan fingerprint density at radius 2 is 2.14 bits per heavy atom. The lowest BCUT2D eigenvalue weighted by Crippen LogP contribution is -2.29. The number of hydrogen-bond donors (Lipinski definition) is 1. The number of carboxylic acids is 1. The van der Waals surface area contributed by atoms with Gasteiger partial charge in [0.15, 0.2) is 0 Å². The number of aryl methyl sites for hydroxylation is 1. The van der Waals surface area contributed by atoms with Crippen LogP contribution in [0.15, 0.2) is 21.5 Å². The van der Waals surface area contributed by atoms with Crippen molar-refractivity contribution in [3.8, 4) is 0 Å². The molecule has 1 aromatic carbocycles. The Balaban J connectivity index is 2.47. The Labute approximate surface area is 133 Å². The summed E-state index contributed by atoms with van der Waals surface area (Å²) in [4.78, 5) is 11.2. The number of halogens is 1. The lowest BCUT2D eigenvalue weighted by molar-refractivity contribution is 0.0696. The predicted octanol–water partition coefficient (Wildman–Crippen LogP) is 2.88. The Bertz CT molecular complexity index is 672. The van der Waals surface area contributed by atoms with Crippen molar-refractivity contribution in [2.24, 2.45) is 5.92 Å². The minimum Gasteiger partial charge on any atom is -0.478 e. The highest BCUT2D eigenvalue weighted by Crippen LogP contribution is 2.32. The van der Waals surface area contributed by atoms with Crippen LogP contribution >= 0.6 is 15.9 Å². The van der Waals surface area contributed by atoms with Crippen LogP contribution < -0.4 is 0 Å². The van der Waals surface area contributed by atoms with E-state index in [0.717, 1.165) is 12.8 Å². The molecule has 0 aliphatic carbocycles. The number of rotatable bonds is 4. The van der Waals surface area contributed by atoms with E-state index in [4.69, 9.17) is 5.11 Å². The molecule has 21 heavy (non-hydrogen) atoms. The molecule has 2 rings (SSSR count). The maximum Gasteiger partial charge on any atom is 0.335 e. The number of carboxylic acid groups (broad SMARTS) is 1. The summed E-state index contributed by atoms with van der Waals surface area (Å²) in [7, 11) is -3.67. The second-order valence-electron chi connectivity index (χ2n) is 5.34. The predicted molar refractivity (Wildman–Crippen MR) is 83.0 cm³/mol. The maximum atomic E-state index is 12.7. The summed E-state index contributed by atoms with van der Waals surface area (Å²) < 4.78 is 27.4. The van der Waals surface area contributed by atoms with Gasteiger partial charge in [0, 0.05) is 17.6 Å². The fourth-order valence-electron chi connectivity index (χ4n) is 2.54. The molecule has 5 nitrogen and oxygen atoms in total. The van der Waals surface area contributed by atoms with Gasteiger partial charge in [-0.1, -0.05) is 13.3 Å². The first-order valence-corrected chi connectivity index (χ1v) is 9.04. The SMILES string of the molecule is CCC1CCN(S(=O)(=O)c2cc(C(=O)O)cc(C)c2Br)C1. The van der Waals surface area contributed by atoms with Crippen LogP contribution in [0.3, 0.4) is 0 Å². The van der Waals surface area contributed by atoms with Crippen molar-refractivity contribution in [3.63, 3.8) is 0 Å². The first kappa shape index (κ1) is 16.5. The van der Waals surface area contributed by atoms with E-state index >= 15 is 0 Å². The molecule has 1 atom stereocenters. The number of aromatic carboxylic acids is 1. The van der Waals surface area contributed by atoms with Crippen LogP contribution in [0.4, 0.5) is 0 Å². The van der Waals surface area contributed by atoms with E-state index in [1.165, 1.54) is 16.4 Å². The zero-order chi connectivity index (χ0) is 15.8. The van der Waals surface area contributed by atoms with Gasteiger partial charge in [-0.15, -0.1) is 0 Å². The van der Waals surface area contributed by atoms with E-state index in [0.29, 0.717) is 29.0 Å². The summed E-state index contributed by atoms with van der Waals surface area (Å²) in [5, 5.41) is 9.11. The molecule has 0 spiro atoms. The summed E-state index contributed by atoms with van der Waals surface area (Å²) >= 11 is 3.28.